The molecule has 0 saturated heterocycles. The van der Waals surface area contributed by atoms with Crippen molar-refractivity contribution in [3.05, 3.63) is 0 Å². The maximum absolute atomic E-state index is 9.29. The Morgan fingerprint density at radius 3 is 2.30 bits per heavy atom. The molecule has 0 heterocycles. The third-order valence-corrected chi connectivity index (χ3v) is 2.17. The van der Waals surface area contributed by atoms with Gasteiger partial charge in [0.05, 0.1) is 6.10 Å². The molecule has 2 unspecified atom stereocenters. The molecule has 62 valence electrons. The van der Waals surface area contributed by atoms with Crippen LogP contribution in [0.1, 0.15) is 25.7 Å². The van der Waals surface area contributed by atoms with E-state index in [4.69, 9.17) is 5.73 Å². The lowest BCUT2D eigenvalue weighted by molar-refractivity contribution is 0.0743. The minimum atomic E-state index is -0.108. The van der Waals surface area contributed by atoms with E-state index < -0.39 is 0 Å². The highest BCUT2D eigenvalue weighted by atomic mass is 35.5. The van der Waals surface area contributed by atoms with Crippen molar-refractivity contribution in [2.45, 2.75) is 31.8 Å². The fraction of sp³-hybridized carbons (Fsp3) is 1.00. The van der Waals surface area contributed by atoms with E-state index in [1.807, 2.05) is 0 Å². The zero-order chi connectivity index (χ0) is 6.69. The van der Waals surface area contributed by atoms with Gasteiger partial charge >= 0.3 is 0 Å². The summed E-state index contributed by atoms with van der Waals surface area (Å²) in [5.41, 5.74) is 5.43. The number of hydrogen-bond donors (Lipinski definition) is 2. The molecular formula is C7H16ClNO. The lowest BCUT2D eigenvalue weighted by atomic mass is 9.87. The van der Waals surface area contributed by atoms with Crippen LogP contribution in [0.15, 0.2) is 0 Å². The number of rotatable bonds is 1. The summed E-state index contributed by atoms with van der Waals surface area (Å²) < 4.78 is 0. The predicted molar refractivity (Wildman–Crippen MR) is 44.3 cm³/mol. The van der Waals surface area contributed by atoms with Crippen molar-refractivity contribution in [3.8, 4) is 0 Å². The van der Waals surface area contributed by atoms with E-state index >= 15 is 0 Å². The molecular weight excluding hydrogens is 150 g/mol. The Labute approximate surface area is 68.2 Å². The van der Waals surface area contributed by atoms with Crippen LogP contribution in [0.4, 0.5) is 0 Å². The lowest BCUT2D eigenvalue weighted by Gasteiger charge is -2.25. The summed E-state index contributed by atoms with van der Waals surface area (Å²) in [7, 11) is 0. The largest absolute Gasteiger partial charge is 0.393 e. The number of aliphatic hydroxyl groups excluding tert-OH is 1. The van der Waals surface area contributed by atoms with Gasteiger partial charge in [0.2, 0.25) is 0 Å². The van der Waals surface area contributed by atoms with Crippen LogP contribution in [0.2, 0.25) is 0 Å². The SMILES string of the molecule is Cl.NCC1CCCCC1O. The maximum atomic E-state index is 9.29. The number of halogens is 1. The summed E-state index contributed by atoms with van der Waals surface area (Å²) in [5.74, 6) is 0.388. The fourth-order valence-corrected chi connectivity index (χ4v) is 1.46. The standard InChI is InChI=1S/C7H15NO.ClH/c8-5-6-3-1-2-4-7(6)9;/h6-7,9H,1-5,8H2;1H. The van der Waals surface area contributed by atoms with Crippen LogP contribution < -0.4 is 5.73 Å². The van der Waals surface area contributed by atoms with Gasteiger partial charge in [-0.2, -0.15) is 0 Å². The molecule has 3 heteroatoms. The van der Waals surface area contributed by atoms with Gasteiger partial charge in [0.1, 0.15) is 0 Å². The summed E-state index contributed by atoms with van der Waals surface area (Å²) >= 11 is 0. The van der Waals surface area contributed by atoms with Crippen molar-refractivity contribution >= 4 is 12.4 Å². The monoisotopic (exact) mass is 165 g/mol. The third-order valence-electron chi connectivity index (χ3n) is 2.17. The number of aliphatic hydroxyl groups is 1. The molecule has 2 atom stereocenters. The van der Waals surface area contributed by atoms with E-state index in [9.17, 15) is 5.11 Å². The molecule has 0 radical (unpaired) electrons. The average Bonchev–Trinajstić information content (AvgIpc) is 1.89. The van der Waals surface area contributed by atoms with Gasteiger partial charge in [0.25, 0.3) is 0 Å². The summed E-state index contributed by atoms with van der Waals surface area (Å²) in [6.45, 7) is 0.654. The molecule has 0 bridgehead atoms. The Morgan fingerprint density at radius 2 is 1.90 bits per heavy atom. The van der Waals surface area contributed by atoms with Crippen LogP contribution in [0.5, 0.6) is 0 Å². The van der Waals surface area contributed by atoms with Crippen LogP contribution in [0.25, 0.3) is 0 Å². The molecule has 1 fully saturated rings. The second-order valence-electron chi connectivity index (χ2n) is 2.85. The van der Waals surface area contributed by atoms with Gasteiger partial charge < -0.3 is 10.8 Å². The fourth-order valence-electron chi connectivity index (χ4n) is 1.46. The normalized spacial score (nSPS) is 33.0. The Bertz CT molecular complexity index is 89.7. The maximum Gasteiger partial charge on any atom is 0.0580 e. The van der Waals surface area contributed by atoms with Gasteiger partial charge in [-0.15, -0.1) is 12.4 Å². The quantitative estimate of drug-likeness (QED) is 0.607. The average molecular weight is 166 g/mol. The van der Waals surface area contributed by atoms with Crippen LogP contribution >= 0.6 is 12.4 Å². The Kier molecular flexibility index (Phi) is 5.04. The summed E-state index contributed by atoms with van der Waals surface area (Å²) in [5, 5.41) is 9.29. The molecule has 0 aliphatic heterocycles. The third kappa shape index (κ3) is 2.45. The highest BCUT2D eigenvalue weighted by Gasteiger charge is 2.20. The van der Waals surface area contributed by atoms with Gasteiger partial charge in [0.15, 0.2) is 0 Å². The molecule has 10 heavy (non-hydrogen) atoms. The molecule has 0 aromatic heterocycles. The van der Waals surface area contributed by atoms with Gasteiger partial charge in [-0.25, -0.2) is 0 Å². The minimum absolute atomic E-state index is 0. The smallest absolute Gasteiger partial charge is 0.0580 e. The summed E-state index contributed by atoms with van der Waals surface area (Å²) in [6.07, 6.45) is 4.40. The molecule has 1 saturated carbocycles. The zero-order valence-electron chi connectivity index (χ0n) is 6.12. The summed E-state index contributed by atoms with van der Waals surface area (Å²) in [6, 6.07) is 0. The van der Waals surface area contributed by atoms with E-state index in [-0.39, 0.29) is 18.5 Å². The molecule has 0 spiro atoms. The van der Waals surface area contributed by atoms with Gasteiger partial charge in [-0.1, -0.05) is 12.8 Å². The molecule has 0 aromatic carbocycles. The first kappa shape index (κ1) is 10.2. The Morgan fingerprint density at radius 1 is 1.30 bits per heavy atom. The van der Waals surface area contributed by atoms with Crippen molar-refractivity contribution in [2.24, 2.45) is 11.7 Å². The van der Waals surface area contributed by atoms with Crippen molar-refractivity contribution in [2.75, 3.05) is 6.54 Å². The van der Waals surface area contributed by atoms with E-state index in [0.29, 0.717) is 12.5 Å². The highest BCUT2D eigenvalue weighted by Crippen LogP contribution is 2.22. The molecule has 0 amide bonds. The molecule has 2 nitrogen and oxygen atoms in total. The molecule has 1 rings (SSSR count). The topological polar surface area (TPSA) is 46.2 Å². The number of nitrogens with two attached hydrogens (primary N) is 1. The lowest BCUT2D eigenvalue weighted by Crippen LogP contribution is -2.30. The van der Waals surface area contributed by atoms with E-state index in [0.717, 1.165) is 12.8 Å². The van der Waals surface area contributed by atoms with E-state index in [1.165, 1.54) is 12.8 Å². The molecule has 3 N–H and O–H groups in total. The van der Waals surface area contributed by atoms with E-state index in [1.54, 1.807) is 0 Å². The predicted octanol–water partition coefficient (Wildman–Crippen LogP) is 0.918. The van der Waals surface area contributed by atoms with E-state index in [2.05, 4.69) is 0 Å². The van der Waals surface area contributed by atoms with Crippen molar-refractivity contribution in [1.29, 1.82) is 0 Å². The van der Waals surface area contributed by atoms with Crippen LogP contribution in [0, 0.1) is 5.92 Å². The second kappa shape index (κ2) is 4.94. The second-order valence-corrected chi connectivity index (χ2v) is 2.85. The van der Waals surface area contributed by atoms with Gasteiger partial charge in [0, 0.05) is 0 Å². The van der Waals surface area contributed by atoms with Crippen LogP contribution in [-0.4, -0.2) is 17.8 Å². The van der Waals surface area contributed by atoms with Gasteiger partial charge in [-0.05, 0) is 25.3 Å². The van der Waals surface area contributed by atoms with Crippen LogP contribution in [-0.2, 0) is 0 Å². The van der Waals surface area contributed by atoms with Crippen LogP contribution in [0.3, 0.4) is 0 Å². The van der Waals surface area contributed by atoms with Crippen molar-refractivity contribution in [1.82, 2.24) is 0 Å². The first-order valence-corrected chi connectivity index (χ1v) is 3.72. The molecule has 1 aliphatic carbocycles. The molecule has 0 aromatic rings. The Balaban J connectivity index is 0.000000810. The first-order valence-electron chi connectivity index (χ1n) is 3.72. The highest BCUT2D eigenvalue weighted by molar-refractivity contribution is 5.85. The minimum Gasteiger partial charge on any atom is -0.393 e. The molecule has 1 aliphatic rings. The van der Waals surface area contributed by atoms with Crippen molar-refractivity contribution in [3.63, 3.8) is 0 Å². The van der Waals surface area contributed by atoms with Crippen molar-refractivity contribution < 1.29 is 5.11 Å². The zero-order valence-corrected chi connectivity index (χ0v) is 6.94. The first-order chi connectivity index (χ1) is 4.34. The Hall–Kier alpha value is 0.210. The van der Waals surface area contributed by atoms with Gasteiger partial charge in [-0.3, -0.25) is 0 Å². The summed E-state index contributed by atoms with van der Waals surface area (Å²) in [4.78, 5) is 0. The number of hydrogen-bond acceptors (Lipinski definition) is 2.